The van der Waals surface area contributed by atoms with E-state index in [-0.39, 0.29) is 201 Å². The van der Waals surface area contributed by atoms with Gasteiger partial charge in [-0.3, -0.25) is 76.7 Å². The third-order valence-corrected chi connectivity index (χ3v) is 22.0. The molecule has 0 saturated carbocycles. The van der Waals surface area contributed by atoms with Crippen LogP contribution in [0.2, 0.25) is 0 Å². The minimum atomic E-state index is -1.42. The summed E-state index contributed by atoms with van der Waals surface area (Å²) in [6, 6.07) is -22.5. The average Bonchev–Trinajstić information content (AvgIpc) is 0.857. The molecule has 0 unspecified atom stereocenters. The summed E-state index contributed by atoms with van der Waals surface area (Å²) in [6.07, 6.45) is -1.01. The third kappa shape index (κ3) is 46.1. The van der Waals surface area contributed by atoms with E-state index in [1.54, 1.807) is 0 Å². The number of nitrogens with one attached hydrogen (secondary N) is 16. The van der Waals surface area contributed by atoms with Crippen LogP contribution in [0.25, 0.3) is 0 Å². The number of thiol groups is 17. The van der Waals surface area contributed by atoms with E-state index in [4.69, 9.17) is 5.73 Å². The summed E-state index contributed by atoms with van der Waals surface area (Å²) < 4.78 is 0. The Hall–Kier alpha value is -3.10. The lowest BCUT2D eigenvalue weighted by Gasteiger charge is -2.28. The van der Waals surface area contributed by atoms with Crippen LogP contribution in [0.4, 0.5) is 0 Å². The van der Waals surface area contributed by atoms with Crippen molar-refractivity contribution in [1.29, 1.82) is 0 Å². The van der Waals surface area contributed by atoms with Crippen molar-refractivity contribution in [2.45, 2.75) is 212 Å². The molecular formula is C68H121N17O18S17. The van der Waals surface area contributed by atoms with Gasteiger partial charge in [0.1, 0.15) is 96.7 Å². The van der Waals surface area contributed by atoms with Crippen molar-refractivity contribution in [3.8, 4) is 0 Å². The number of carbonyl (C=O) groups is 17. The summed E-state index contributed by atoms with van der Waals surface area (Å²) in [5.41, 5.74) is 5.92. The molecule has 0 bridgehead atoms. The summed E-state index contributed by atoms with van der Waals surface area (Å²) >= 11 is 72.1. The third-order valence-electron chi connectivity index (χ3n) is 17.6. The summed E-state index contributed by atoms with van der Waals surface area (Å²) in [5, 5.41) is 50.8. The predicted octanol–water partition coefficient (Wildman–Crippen LogP) is -3.41. The second-order valence-electron chi connectivity index (χ2n) is 26.6. The molecule has 688 valence electrons. The summed E-state index contributed by atoms with van der Waals surface area (Å²) in [7, 11) is 0. The molecule has 0 aromatic carbocycles. The van der Waals surface area contributed by atoms with Crippen LogP contribution in [-0.4, -0.2) is 306 Å². The van der Waals surface area contributed by atoms with E-state index in [1.807, 2.05) is 0 Å². The Bertz CT molecular complexity index is 3200. The standard InChI is InChI=1S/C68H121N17O18S17/c69-35(1-18-104)52(86)70-36(2-19-105)53(87)71-37(3-20-106)54(88)72-38(4-21-107)55(89)73-39(5-22-108)56(90)74-40(6-23-109)57(91)75-41(7-24-110)58(92)76-42(8-25-111)59(93)77-43(9-26-112)60(94)78-44(10-27-113)61(95)79-45(11-28-114)62(96)80-46(12-29-115)63(97)81-47(13-30-116)64(98)82-48(14-31-117)65(99)83-49(15-32-118)66(100)84-50(16-33-119)67(101)85-51(17-34-120)68(102)103/h35-51,104-120H,1-34,69H2,(H,70,86)(H,71,87)(H,72,88)(H,73,89)(H,74,90)(H,75,91)(H,76,92)(H,77,93)(H,78,94)(H,79,95)(H,80,96)(H,81,97)(H,82,98)(H,83,99)(H,84,100)(H,85,101)(H,102,103)/t35-,36-,37-,38-,39-,40-,41-,42-,43-,44-,45-,46-,47-,48-,49-,50-,51-/m0/s1. The molecule has 17 atom stereocenters. The molecule has 0 rings (SSSR count). The zero-order valence-electron chi connectivity index (χ0n) is 65.9. The van der Waals surface area contributed by atoms with E-state index >= 15 is 0 Å². The lowest BCUT2D eigenvalue weighted by Crippen LogP contribution is -2.61. The quantitative estimate of drug-likeness (QED) is 0.0264. The minimum absolute atomic E-state index is 0.00121. The van der Waals surface area contributed by atoms with Crippen LogP contribution in [0.1, 0.15) is 109 Å². The van der Waals surface area contributed by atoms with Gasteiger partial charge in [-0.1, -0.05) is 0 Å². The van der Waals surface area contributed by atoms with Crippen LogP contribution in [0.5, 0.6) is 0 Å². The van der Waals surface area contributed by atoms with Crippen LogP contribution in [0.15, 0.2) is 0 Å². The molecule has 0 heterocycles. The zero-order chi connectivity index (χ0) is 91.0. The normalized spacial score (nSPS) is 15.4. The number of hydrogen-bond donors (Lipinski definition) is 35. The monoisotopic (exact) mass is 2010 g/mol. The molecule has 0 aromatic heterocycles. The number of carboxylic acid groups (broad SMARTS) is 1. The maximum atomic E-state index is 14.2. The number of carbonyl (C=O) groups excluding carboxylic acids is 16. The Labute approximate surface area is 795 Å². The zero-order valence-corrected chi connectivity index (χ0v) is 81.1. The van der Waals surface area contributed by atoms with Crippen molar-refractivity contribution >= 4 is 315 Å². The number of carboxylic acids is 1. The molecule has 0 aromatic rings. The fourth-order valence-electron chi connectivity index (χ4n) is 11.0. The summed E-state index contributed by atoms with van der Waals surface area (Å²) in [5.74, 6) is -13.7. The Balaban J connectivity index is 6.60. The fourth-order valence-corrected chi connectivity index (χ4v) is 15.4. The number of aliphatic carboxylic acids is 1. The highest BCUT2D eigenvalue weighted by molar-refractivity contribution is 7.82. The van der Waals surface area contributed by atoms with Crippen molar-refractivity contribution < 1.29 is 86.6 Å². The number of rotatable bonds is 67. The van der Waals surface area contributed by atoms with Gasteiger partial charge in [-0.05, 0) is 207 Å². The molecule has 0 saturated heterocycles. The van der Waals surface area contributed by atoms with Crippen LogP contribution < -0.4 is 90.8 Å². The summed E-state index contributed by atoms with van der Waals surface area (Å²) in [4.78, 5) is 234. The van der Waals surface area contributed by atoms with Gasteiger partial charge in [0.15, 0.2) is 0 Å². The Morgan fingerprint density at radius 1 is 0.158 bits per heavy atom. The lowest BCUT2D eigenvalue weighted by atomic mass is 10.1. The topological polar surface area (TPSA) is 529 Å². The van der Waals surface area contributed by atoms with Gasteiger partial charge in [-0.15, -0.1) is 0 Å². The van der Waals surface area contributed by atoms with Gasteiger partial charge in [-0.25, -0.2) is 4.79 Å². The van der Waals surface area contributed by atoms with Crippen LogP contribution in [-0.2, 0) is 81.5 Å². The van der Waals surface area contributed by atoms with Crippen molar-refractivity contribution in [3.05, 3.63) is 0 Å². The van der Waals surface area contributed by atoms with Gasteiger partial charge in [0.25, 0.3) is 0 Å². The van der Waals surface area contributed by atoms with Crippen LogP contribution >= 0.6 is 215 Å². The van der Waals surface area contributed by atoms with E-state index in [9.17, 15) is 86.6 Å². The molecule has 0 spiro atoms. The van der Waals surface area contributed by atoms with E-state index in [1.165, 1.54) is 0 Å². The van der Waals surface area contributed by atoms with Crippen LogP contribution in [0, 0.1) is 0 Å². The van der Waals surface area contributed by atoms with Gasteiger partial charge in [0.2, 0.25) is 94.5 Å². The van der Waals surface area contributed by atoms with E-state index in [0.29, 0.717) is 5.75 Å². The molecule has 0 fully saturated rings. The van der Waals surface area contributed by atoms with Crippen molar-refractivity contribution in [1.82, 2.24) is 85.1 Å². The second kappa shape index (κ2) is 69.0. The summed E-state index contributed by atoms with van der Waals surface area (Å²) in [6.45, 7) is 0. The highest BCUT2D eigenvalue weighted by atomic mass is 32.1. The van der Waals surface area contributed by atoms with Gasteiger partial charge in [0, 0.05) is 0 Å². The Kier molecular flexibility index (Phi) is 67.2. The van der Waals surface area contributed by atoms with Crippen LogP contribution in [0.3, 0.4) is 0 Å². The van der Waals surface area contributed by atoms with Gasteiger partial charge in [0.05, 0.1) is 6.04 Å². The Morgan fingerprint density at radius 2 is 0.242 bits per heavy atom. The highest BCUT2D eigenvalue weighted by Gasteiger charge is 2.39. The largest absolute Gasteiger partial charge is 0.480 e. The number of hydrogen-bond acceptors (Lipinski definition) is 35. The molecule has 120 heavy (non-hydrogen) atoms. The van der Waals surface area contributed by atoms with Crippen molar-refractivity contribution in [2.24, 2.45) is 5.73 Å². The lowest BCUT2D eigenvalue weighted by molar-refractivity contribution is -0.142. The molecule has 19 N–H and O–H groups in total. The SMILES string of the molecule is N[C@@H](CCS)C(=O)N[C@@H](CCS)C(=O)N[C@@H](CCS)C(=O)N[C@@H](CCS)C(=O)N[C@@H](CCS)C(=O)N[C@@H](CCS)C(=O)N[C@@H](CCS)C(=O)N[C@@H](CCS)C(=O)N[C@@H](CCS)C(=O)N[C@@H](CCS)C(=O)N[C@@H](CCS)C(=O)N[C@@H](CCS)C(=O)N[C@@H](CCS)C(=O)N[C@@H](CCS)C(=O)N[C@@H](CCS)C(=O)N[C@@H](CCS)C(=O)N[C@@H](CCS)C(=O)O. The minimum Gasteiger partial charge on any atom is -0.480 e. The average molecular weight is 2010 g/mol. The van der Waals surface area contributed by atoms with Crippen molar-refractivity contribution in [3.63, 3.8) is 0 Å². The van der Waals surface area contributed by atoms with E-state index < -0.39 is 203 Å². The molecule has 0 aliphatic heterocycles. The van der Waals surface area contributed by atoms with Gasteiger partial charge >= 0.3 is 5.97 Å². The Morgan fingerprint density at radius 3 is 0.333 bits per heavy atom. The first kappa shape index (κ1) is 117. The van der Waals surface area contributed by atoms with E-state index in [0.717, 1.165) is 0 Å². The fraction of sp³-hybridized carbons (Fsp3) is 0.750. The van der Waals surface area contributed by atoms with Gasteiger partial charge in [-0.2, -0.15) is 215 Å². The smallest absolute Gasteiger partial charge is 0.326 e. The maximum absolute atomic E-state index is 14.2. The maximum Gasteiger partial charge on any atom is 0.326 e. The molecule has 35 nitrogen and oxygen atoms in total. The molecule has 0 radical (unpaired) electrons. The highest BCUT2D eigenvalue weighted by Crippen LogP contribution is 2.14. The number of amides is 16. The first-order chi connectivity index (χ1) is 57.2. The second-order valence-corrected chi connectivity index (χ2v) is 34.2. The predicted molar refractivity (Wildman–Crippen MR) is 520 cm³/mol. The molecular weight excluding hydrogens is 1890 g/mol. The first-order valence-electron chi connectivity index (χ1n) is 38.4. The first-order valence-corrected chi connectivity index (χ1v) is 49.1. The number of nitrogens with two attached hydrogens (primary N) is 1. The van der Waals surface area contributed by atoms with Crippen molar-refractivity contribution in [2.75, 3.05) is 97.8 Å². The molecule has 52 heteroatoms. The molecule has 0 aliphatic carbocycles. The molecule has 0 aliphatic rings. The van der Waals surface area contributed by atoms with E-state index in [2.05, 4.69) is 300 Å². The van der Waals surface area contributed by atoms with Gasteiger partial charge < -0.3 is 95.9 Å². The molecule has 16 amide bonds.